The van der Waals surface area contributed by atoms with Crippen LogP contribution in [0.15, 0.2) is 0 Å². The van der Waals surface area contributed by atoms with E-state index in [1.807, 2.05) is 0 Å². The Morgan fingerprint density at radius 2 is 2.21 bits per heavy atom. The first-order chi connectivity index (χ1) is 9.02. The monoisotopic (exact) mass is 268 g/mol. The zero-order valence-electron chi connectivity index (χ0n) is 13.2. The molecule has 0 aromatic carbocycles. The van der Waals surface area contributed by atoms with Crippen molar-refractivity contribution in [1.29, 1.82) is 0 Å². The molecule has 3 unspecified atom stereocenters. The number of ether oxygens (including phenoxy) is 1. The summed E-state index contributed by atoms with van der Waals surface area (Å²) in [5, 5.41) is 3.74. The summed E-state index contributed by atoms with van der Waals surface area (Å²) in [5.74, 6) is 0.774. The van der Waals surface area contributed by atoms with Gasteiger partial charge in [0.1, 0.15) is 0 Å². The van der Waals surface area contributed by atoms with E-state index in [0.717, 1.165) is 25.6 Å². The number of hydrogen-bond acceptors (Lipinski definition) is 3. The van der Waals surface area contributed by atoms with E-state index >= 15 is 0 Å². The molecule has 2 fully saturated rings. The van der Waals surface area contributed by atoms with Crippen molar-refractivity contribution in [3.63, 3.8) is 0 Å². The highest BCUT2D eigenvalue weighted by Gasteiger charge is 2.36. The van der Waals surface area contributed by atoms with Crippen molar-refractivity contribution >= 4 is 0 Å². The summed E-state index contributed by atoms with van der Waals surface area (Å²) in [5.41, 5.74) is 0.104. The minimum absolute atomic E-state index is 0.104. The zero-order valence-corrected chi connectivity index (χ0v) is 13.2. The van der Waals surface area contributed by atoms with Crippen molar-refractivity contribution in [2.45, 2.75) is 71.1 Å². The van der Waals surface area contributed by atoms with Crippen LogP contribution < -0.4 is 5.32 Å². The molecule has 0 radical (unpaired) electrons. The average Bonchev–Trinajstić information content (AvgIpc) is 2.75. The molecule has 3 heteroatoms. The van der Waals surface area contributed by atoms with Crippen LogP contribution in [0.1, 0.15) is 53.4 Å². The Kier molecular flexibility index (Phi) is 5.27. The fraction of sp³-hybridized carbons (Fsp3) is 1.00. The van der Waals surface area contributed by atoms with Gasteiger partial charge in [0.05, 0.1) is 5.60 Å². The molecular weight excluding hydrogens is 236 g/mol. The van der Waals surface area contributed by atoms with Crippen LogP contribution in [0.2, 0.25) is 0 Å². The molecule has 3 atom stereocenters. The predicted molar refractivity (Wildman–Crippen MR) is 80.5 cm³/mol. The molecule has 0 saturated carbocycles. The van der Waals surface area contributed by atoms with Gasteiger partial charge in [0.25, 0.3) is 0 Å². The summed E-state index contributed by atoms with van der Waals surface area (Å²) >= 11 is 0. The largest absolute Gasteiger partial charge is 0.374 e. The van der Waals surface area contributed by atoms with Crippen molar-refractivity contribution in [3.05, 3.63) is 0 Å². The first-order valence-corrected chi connectivity index (χ1v) is 8.14. The molecule has 2 aliphatic rings. The standard InChI is InChI=1S/C16H32N2O/c1-5-15-10-17-14(9-13(2)3)11-18(15)12-16(4)7-6-8-19-16/h13-15,17H,5-12H2,1-4H3. The fourth-order valence-corrected chi connectivity index (χ4v) is 3.64. The van der Waals surface area contributed by atoms with Crippen LogP contribution in [0.25, 0.3) is 0 Å². The third kappa shape index (κ3) is 4.17. The highest BCUT2D eigenvalue weighted by molar-refractivity contribution is 4.91. The first-order valence-electron chi connectivity index (χ1n) is 8.14. The molecule has 0 amide bonds. The molecule has 2 heterocycles. The maximum Gasteiger partial charge on any atom is 0.0781 e. The molecule has 1 N–H and O–H groups in total. The number of nitrogens with zero attached hydrogens (tertiary/aromatic N) is 1. The van der Waals surface area contributed by atoms with Crippen molar-refractivity contribution < 1.29 is 4.74 Å². The molecule has 2 rings (SSSR count). The van der Waals surface area contributed by atoms with Crippen LogP contribution in [0, 0.1) is 5.92 Å². The van der Waals surface area contributed by atoms with Crippen LogP contribution in [0.3, 0.4) is 0 Å². The van der Waals surface area contributed by atoms with Crippen LogP contribution >= 0.6 is 0 Å². The van der Waals surface area contributed by atoms with Crippen LogP contribution in [0.5, 0.6) is 0 Å². The minimum atomic E-state index is 0.104. The lowest BCUT2D eigenvalue weighted by Crippen LogP contribution is -2.59. The third-order valence-electron chi connectivity index (χ3n) is 4.68. The number of hydrogen-bond donors (Lipinski definition) is 1. The van der Waals surface area contributed by atoms with Crippen molar-refractivity contribution in [1.82, 2.24) is 10.2 Å². The molecule has 112 valence electrons. The molecule has 19 heavy (non-hydrogen) atoms. The van der Waals surface area contributed by atoms with Gasteiger partial charge in [-0.15, -0.1) is 0 Å². The van der Waals surface area contributed by atoms with Crippen LogP contribution in [0.4, 0.5) is 0 Å². The van der Waals surface area contributed by atoms with Gasteiger partial charge in [0.2, 0.25) is 0 Å². The lowest BCUT2D eigenvalue weighted by molar-refractivity contribution is -0.0290. The highest BCUT2D eigenvalue weighted by Crippen LogP contribution is 2.28. The Balaban J connectivity index is 1.93. The smallest absolute Gasteiger partial charge is 0.0781 e. The van der Waals surface area contributed by atoms with E-state index < -0.39 is 0 Å². The number of piperazine rings is 1. The van der Waals surface area contributed by atoms with E-state index in [1.54, 1.807) is 0 Å². The second-order valence-corrected chi connectivity index (χ2v) is 7.13. The van der Waals surface area contributed by atoms with Gasteiger partial charge in [-0.05, 0) is 38.5 Å². The van der Waals surface area contributed by atoms with Gasteiger partial charge in [-0.2, -0.15) is 0 Å². The average molecular weight is 268 g/mol. The van der Waals surface area contributed by atoms with Crippen molar-refractivity contribution in [2.75, 3.05) is 26.2 Å². The normalized spacial score (nSPS) is 37.1. The SMILES string of the molecule is CCC1CNC(CC(C)C)CN1CC1(C)CCCO1. The molecule has 0 bridgehead atoms. The maximum absolute atomic E-state index is 5.99. The van der Waals surface area contributed by atoms with Gasteiger partial charge in [0.15, 0.2) is 0 Å². The summed E-state index contributed by atoms with van der Waals surface area (Å²) in [4.78, 5) is 2.69. The Bertz CT molecular complexity index is 274. The zero-order chi connectivity index (χ0) is 13.9. The van der Waals surface area contributed by atoms with Gasteiger partial charge in [0, 0.05) is 38.3 Å². The molecule has 2 aliphatic heterocycles. The van der Waals surface area contributed by atoms with E-state index in [0.29, 0.717) is 12.1 Å². The Labute approximate surface area is 119 Å². The van der Waals surface area contributed by atoms with Crippen LogP contribution in [-0.2, 0) is 4.74 Å². The summed E-state index contributed by atoms with van der Waals surface area (Å²) in [6, 6.07) is 1.34. The molecule has 3 nitrogen and oxygen atoms in total. The Hall–Kier alpha value is -0.120. The first kappa shape index (κ1) is 15.3. The van der Waals surface area contributed by atoms with Gasteiger partial charge in [-0.25, -0.2) is 0 Å². The highest BCUT2D eigenvalue weighted by atomic mass is 16.5. The second-order valence-electron chi connectivity index (χ2n) is 7.13. The fourth-order valence-electron chi connectivity index (χ4n) is 3.64. The van der Waals surface area contributed by atoms with E-state index in [9.17, 15) is 0 Å². The van der Waals surface area contributed by atoms with E-state index in [1.165, 1.54) is 32.2 Å². The lowest BCUT2D eigenvalue weighted by atomic mass is 9.95. The topological polar surface area (TPSA) is 24.5 Å². The summed E-state index contributed by atoms with van der Waals surface area (Å²) in [6.07, 6.45) is 4.97. The summed E-state index contributed by atoms with van der Waals surface area (Å²) < 4.78 is 5.99. The van der Waals surface area contributed by atoms with Crippen molar-refractivity contribution in [3.8, 4) is 0 Å². The van der Waals surface area contributed by atoms with Crippen LogP contribution in [-0.4, -0.2) is 48.8 Å². The molecule has 0 spiro atoms. The number of nitrogens with one attached hydrogen (secondary N) is 1. The van der Waals surface area contributed by atoms with E-state index in [-0.39, 0.29) is 5.60 Å². The van der Waals surface area contributed by atoms with E-state index in [4.69, 9.17) is 4.74 Å². The Morgan fingerprint density at radius 1 is 1.42 bits per heavy atom. The van der Waals surface area contributed by atoms with E-state index in [2.05, 4.69) is 37.9 Å². The molecule has 0 aromatic rings. The third-order valence-corrected chi connectivity index (χ3v) is 4.68. The molecular formula is C16H32N2O. The number of rotatable bonds is 5. The molecule has 0 aromatic heterocycles. The van der Waals surface area contributed by atoms with Crippen molar-refractivity contribution in [2.24, 2.45) is 5.92 Å². The van der Waals surface area contributed by atoms with Gasteiger partial charge in [-0.1, -0.05) is 20.8 Å². The summed E-state index contributed by atoms with van der Waals surface area (Å²) in [7, 11) is 0. The van der Waals surface area contributed by atoms with Gasteiger partial charge < -0.3 is 10.1 Å². The lowest BCUT2D eigenvalue weighted by Gasteiger charge is -2.43. The predicted octanol–water partition coefficient (Wildman–Crippen LogP) is 2.65. The summed E-state index contributed by atoms with van der Waals surface area (Å²) in [6.45, 7) is 13.6. The maximum atomic E-state index is 5.99. The second kappa shape index (κ2) is 6.55. The minimum Gasteiger partial charge on any atom is -0.374 e. The quantitative estimate of drug-likeness (QED) is 0.829. The Morgan fingerprint density at radius 3 is 2.79 bits per heavy atom. The van der Waals surface area contributed by atoms with Gasteiger partial charge in [-0.3, -0.25) is 4.90 Å². The molecule has 2 saturated heterocycles. The van der Waals surface area contributed by atoms with Gasteiger partial charge >= 0.3 is 0 Å². The molecule has 0 aliphatic carbocycles.